The third kappa shape index (κ3) is 4.18. The first-order chi connectivity index (χ1) is 16.2. The number of halogens is 1. The van der Waals surface area contributed by atoms with Gasteiger partial charge in [-0.15, -0.1) is 10.2 Å². The lowest BCUT2D eigenvalue weighted by molar-refractivity contribution is 0.207. The predicted octanol–water partition coefficient (Wildman–Crippen LogP) is 4.56. The number of hydrogen-bond donors (Lipinski definition) is 2. The Morgan fingerprint density at radius 2 is 1.76 bits per heavy atom. The highest BCUT2D eigenvalue weighted by Gasteiger charge is 2.49. The smallest absolute Gasteiger partial charge is 0.216 e. The molecule has 1 aromatic carbocycles. The molecular weight excluding hydrogens is 433 g/mol. The standard InChI is InChI=1S/C26H30FN5O2/c1-25-9-10-26(2,31-25)15-18(14-25)32(3)23-8-7-20(29-30-23)19-6-5-16(11-21(19)33)17-12-22(27)28-24(13-17)34-4/h5-8,11-13,18,31,33H,9-10,14-15H2,1-4H3/t18-,25+,26-. The number of nitrogens with zero attached hydrogens (tertiary/aromatic N) is 4. The largest absolute Gasteiger partial charge is 0.507 e. The number of piperidine rings is 1. The van der Waals surface area contributed by atoms with Crippen molar-refractivity contribution in [2.75, 3.05) is 19.1 Å². The zero-order valence-electron chi connectivity index (χ0n) is 20.0. The molecule has 34 heavy (non-hydrogen) atoms. The molecule has 5 rings (SSSR count). The molecule has 2 N–H and O–H groups in total. The lowest BCUT2D eigenvalue weighted by Crippen LogP contribution is -2.58. The SMILES string of the molecule is COc1cc(-c2ccc(-c3ccc(N(C)[C@@H]4C[C@]5(C)CC[C@](C)(C4)N5)nn3)c(O)c2)cc(F)n1. The number of nitrogens with one attached hydrogen (secondary N) is 1. The van der Waals surface area contributed by atoms with Crippen molar-refractivity contribution >= 4 is 5.82 Å². The number of rotatable bonds is 5. The number of aromatic nitrogens is 3. The second-order valence-corrected chi connectivity index (χ2v) is 10.1. The lowest BCUT2D eigenvalue weighted by atomic mass is 9.84. The van der Waals surface area contributed by atoms with Crippen molar-refractivity contribution < 1.29 is 14.2 Å². The van der Waals surface area contributed by atoms with Gasteiger partial charge in [0.25, 0.3) is 0 Å². The van der Waals surface area contributed by atoms with Gasteiger partial charge >= 0.3 is 0 Å². The number of hydrogen-bond acceptors (Lipinski definition) is 7. The molecule has 2 aliphatic heterocycles. The molecule has 7 nitrogen and oxygen atoms in total. The molecule has 178 valence electrons. The molecule has 0 aliphatic carbocycles. The quantitative estimate of drug-likeness (QED) is 0.537. The fourth-order valence-corrected chi connectivity index (χ4v) is 5.61. The van der Waals surface area contributed by atoms with Crippen molar-refractivity contribution in [3.63, 3.8) is 0 Å². The van der Waals surface area contributed by atoms with E-state index in [1.807, 2.05) is 12.1 Å². The van der Waals surface area contributed by atoms with Crippen molar-refractivity contribution in [3.8, 4) is 34.0 Å². The van der Waals surface area contributed by atoms with Crippen molar-refractivity contribution in [1.29, 1.82) is 0 Å². The van der Waals surface area contributed by atoms with Crippen LogP contribution in [0, 0.1) is 5.95 Å². The zero-order valence-corrected chi connectivity index (χ0v) is 20.0. The molecule has 2 saturated heterocycles. The maximum Gasteiger partial charge on any atom is 0.216 e. The molecule has 2 fully saturated rings. The van der Waals surface area contributed by atoms with Crippen LogP contribution < -0.4 is 15.0 Å². The summed E-state index contributed by atoms with van der Waals surface area (Å²) in [7, 11) is 3.52. The van der Waals surface area contributed by atoms with Crippen LogP contribution in [0.15, 0.2) is 42.5 Å². The van der Waals surface area contributed by atoms with Gasteiger partial charge in [-0.3, -0.25) is 0 Å². The van der Waals surface area contributed by atoms with E-state index in [1.54, 1.807) is 24.3 Å². The first kappa shape index (κ1) is 22.5. The number of phenolic OH excluding ortho intramolecular Hbond substituents is 1. The molecule has 0 spiro atoms. The van der Waals surface area contributed by atoms with Gasteiger partial charge in [-0.1, -0.05) is 6.07 Å². The van der Waals surface area contributed by atoms with Gasteiger partial charge in [0.1, 0.15) is 5.75 Å². The van der Waals surface area contributed by atoms with E-state index >= 15 is 0 Å². The van der Waals surface area contributed by atoms with Crippen LogP contribution in [0.25, 0.3) is 22.4 Å². The minimum Gasteiger partial charge on any atom is -0.507 e. The van der Waals surface area contributed by atoms with Crippen molar-refractivity contribution in [2.45, 2.75) is 56.7 Å². The Morgan fingerprint density at radius 1 is 1.03 bits per heavy atom. The van der Waals surface area contributed by atoms with Gasteiger partial charge in [0.15, 0.2) is 5.82 Å². The van der Waals surface area contributed by atoms with Crippen LogP contribution in [0.4, 0.5) is 10.2 Å². The van der Waals surface area contributed by atoms with Gasteiger partial charge in [-0.2, -0.15) is 9.37 Å². The minimum absolute atomic E-state index is 0.0415. The van der Waals surface area contributed by atoms with Crippen molar-refractivity contribution in [3.05, 3.63) is 48.4 Å². The molecule has 2 aromatic heterocycles. The topological polar surface area (TPSA) is 83.4 Å². The molecule has 2 aliphatic rings. The Hall–Kier alpha value is -3.26. The van der Waals surface area contributed by atoms with E-state index in [9.17, 15) is 9.50 Å². The van der Waals surface area contributed by atoms with Gasteiger partial charge in [0, 0.05) is 41.9 Å². The molecule has 3 aromatic rings. The maximum absolute atomic E-state index is 13.8. The van der Waals surface area contributed by atoms with E-state index < -0.39 is 5.95 Å². The van der Waals surface area contributed by atoms with E-state index in [-0.39, 0.29) is 22.7 Å². The highest BCUT2D eigenvalue weighted by Crippen LogP contribution is 2.44. The molecular formula is C26H30FN5O2. The van der Waals surface area contributed by atoms with Crippen LogP contribution >= 0.6 is 0 Å². The average molecular weight is 464 g/mol. The molecule has 0 amide bonds. The van der Waals surface area contributed by atoms with Crippen LogP contribution in [-0.2, 0) is 0 Å². The summed E-state index contributed by atoms with van der Waals surface area (Å²) < 4.78 is 18.8. The minimum atomic E-state index is -0.645. The second kappa shape index (κ2) is 8.20. The number of benzene rings is 1. The van der Waals surface area contributed by atoms with E-state index in [2.05, 4.69) is 46.3 Å². The molecule has 8 heteroatoms. The van der Waals surface area contributed by atoms with Gasteiger partial charge in [-0.25, -0.2) is 0 Å². The first-order valence-corrected chi connectivity index (χ1v) is 11.6. The highest BCUT2D eigenvalue weighted by atomic mass is 19.1. The number of anilines is 1. The average Bonchev–Trinajstić information content (AvgIpc) is 3.04. The van der Waals surface area contributed by atoms with Crippen LogP contribution in [-0.4, -0.2) is 51.6 Å². The Balaban J connectivity index is 1.36. The van der Waals surface area contributed by atoms with Crippen LogP contribution in [0.2, 0.25) is 0 Å². The number of fused-ring (bicyclic) bond motifs is 2. The molecule has 0 saturated carbocycles. The summed E-state index contributed by atoms with van der Waals surface area (Å²) in [6.07, 6.45) is 4.55. The van der Waals surface area contributed by atoms with E-state index in [1.165, 1.54) is 26.0 Å². The molecule has 2 bridgehead atoms. The summed E-state index contributed by atoms with van der Waals surface area (Å²) in [6, 6.07) is 12.3. The normalized spacial score (nSPS) is 25.9. The van der Waals surface area contributed by atoms with E-state index in [0.29, 0.717) is 28.4 Å². The number of phenols is 1. The third-order valence-corrected chi connectivity index (χ3v) is 7.35. The van der Waals surface area contributed by atoms with Crippen molar-refractivity contribution in [1.82, 2.24) is 20.5 Å². The highest BCUT2D eigenvalue weighted by molar-refractivity contribution is 5.74. The van der Waals surface area contributed by atoms with Gasteiger partial charge in [0.2, 0.25) is 11.8 Å². The fraction of sp³-hybridized carbons (Fsp3) is 0.423. The lowest BCUT2D eigenvalue weighted by Gasteiger charge is -2.45. The summed E-state index contributed by atoms with van der Waals surface area (Å²) >= 11 is 0. The van der Waals surface area contributed by atoms with Gasteiger partial charge in [-0.05, 0) is 74.9 Å². The van der Waals surface area contributed by atoms with Gasteiger partial charge in [0.05, 0.1) is 12.8 Å². The number of aromatic hydroxyl groups is 1. The van der Waals surface area contributed by atoms with Gasteiger partial charge < -0.3 is 20.1 Å². The summed E-state index contributed by atoms with van der Waals surface area (Å²) in [5.74, 6) is 0.389. The van der Waals surface area contributed by atoms with Crippen molar-refractivity contribution in [2.24, 2.45) is 0 Å². The third-order valence-electron chi connectivity index (χ3n) is 7.35. The van der Waals surface area contributed by atoms with E-state index in [4.69, 9.17) is 4.74 Å². The summed E-state index contributed by atoms with van der Waals surface area (Å²) in [6.45, 7) is 4.63. The first-order valence-electron chi connectivity index (χ1n) is 11.6. The molecule has 3 atom stereocenters. The summed E-state index contributed by atoms with van der Waals surface area (Å²) in [4.78, 5) is 5.89. The summed E-state index contributed by atoms with van der Waals surface area (Å²) in [5, 5.41) is 23.4. The zero-order chi connectivity index (χ0) is 24.1. The monoisotopic (exact) mass is 463 g/mol. The molecule has 0 radical (unpaired) electrons. The van der Waals surface area contributed by atoms with E-state index in [0.717, 1.165) is 18.7 Å². The Labute approximate surface area is 199 Å². The Kier molecular flexibility index (Phi) is 5.43. The number of ether oxygens (including phenoxy) is 1. The van der Waals surface area contributed by atoms with Crippen LogP contribution in [0.3, 0.4) is 0 Å². The Morgan fingerprint density at radius 3 is 2.38 bits per heavy atom. The molecule has 0 unspecified atom stereocenters. The predicted molar refractivity (Wildman–Crippen MR) is 129 cm³/mol. The summed E-state index contributed by atoms with van der Waals surface area (Å²) in [5.41, 5.74) is 2.69. The number of methoxy groups -OCH3 is 1. The van der Waals surface area contributed by atoms with Crippen LogP contribution in [0.1, 0.15) is 39.5 Å². The van der Waals surface area contributed by atoms with Crippen LogP contribution in [0.5, 0.6) is 11.6 Å². The second-order valence-electron chi connectivity index (χ2n) is 10.1. The molecule has 4 heterocycles. The number of pyridine rings is 1. The maximum atomic E-state index is 13.8. The Bertz CT molecular complexity index is 1200. The fourth-order valence-electron chi connectivity index (χ4n) is 5.61.